The zero-order valence-corrected chi connectivity index (χ0v) is 13.9. The molecule has 1 heteroatoms. The minimum atomic E-state index is -0.0861. The lowest BCUT2D eigenvalue weighted by Crippen LogP contribution is -2.57. The normalized spacial score (nSPS) is 56.5. The van der Waals surface area contributed by atoms with Crippen LogP contribution in [0.25, 0.3) is 0 Å². The molecule has 21 heavy (non-hydrogen) atoms. The summed E-state index contributed by atoms with van der Waals surface area (Å²) in [5, 5.41) is 11.1. The smallest absolute Gasteiger partial charge is 0.0584 e. The van der Waals surface area contributed by atoms with Crippen LogP contribution in [0.5, 0.6) is 0 Å². The molecule has 118 valence electrons. The Bertz CT molecular complexity index is 455. The molecule has 4 saturated carbocycles. The topological polar surface area (TPSA) is 20.2 Å². The lowest BCUT2D eigenvalue weighted by atomic mass is 9.44. The molecule has 0 spiro atoms. The highest BCUT2D eigenvalue weighted by atomic mass is 16.3. The van der Waals surface area contributed by atoms with Crippen LogP contribution in [0.1, 0.15) is 71.6 Å². The van der Waals surface area contributed by atoms with Gasteiger partial charge in [0, 0.05) is 0 Å². The van der Waals surface area contributed by atoms with Crippen molar-refractivity contribution in [2.24, 2.45) is 34.5 Å². The van der Waals surface area contributed by atoms with E-state index < -0.39 is 0 Å². The molecule has 0 bridgehead atoms. The van der Waals surface area contributed by atoms with Crippen LogP contribution < -0.4 is 0 Å². The third-order valence-corrected chi connectivity index (χ3v) is 8.47. The summed E-state index contributed by atoms with van der Waals surface area (Å²) >= 11 is 0. The summed E-state index contributed by atoms with van der Waals surface area (Å²) in [4.78, 5) is 0. The number of hydrogen-bond acceptors (Lipinski definition) is 1. The minimum absolute atomic E-state index is 0.0861. The van der Waals surface area contributed by atoms with E-state index in [2.05, 4.69) is 20.4 Å². The zero-order chi connectivity index (χ0) is 14.8. The number of fused-ring (bicyclic) bond motifs is 5. The number of allylic oxidation sites excluding steroid dienone is 1. The highest BCUT2D eigenvalue weighted by Gasteiger charge is 2.61. The summed E-state index contributed by atoms with van der Waals surface area (Å²) in [6.45, 7) is 9.31. The second-order valence-electron chi connectivity index (χ2n) is 9.15. The van der Waals surface area contributed by atoms with Gasteiger partial charge in [0.25, 0.3) is 0 Å². The first kappa shape index (κ1) is 14.3. The van der Waals surface area contributed by atoms with Crippen molar-refractivity contribution in [2.45, 2.75) is 77.7 Å². The van der Waals surface area contributed by atoms with E-state index in [1.807, 2.05) is 0 Å². The minimum Gasteiger partial charge on any atom is -0.393 e. The summed E-state index contributed by atoms with van der Waals surface area (Å²) in [6.07, 6.45) is 11.8. The summed E-state index contributed by atoms with van der Waals surface area (Å²) in [5.74, 6) is 3.02. The van der Waals surface area contributed by atoms with Gasteiger partial charge in [0.15, 0.2) is 0 Å². The highest BCUT2D eigenvalue weighted by molar-refractivity contribution is 5.22. The van der Waals surface area contributed by atoms with Crippen LogP contribution in [0.15, 0.2) is 12.2 Å². The number of rotatable bonds is 0. The molecule has 4 aliphatic rings. The fourth-order valence-corrected chi connectivity index (χ4v) is 7.32. The van der Waals surface area contributed by atoms with Crippen LogP contribution in [0.3, 0.4) is 0 Å². The van der Waals surface area contributed by atoms with Crippen LogP contribution >= 0.6 is 0 Å². The average molecular weight is 288 g/mol. The van der Waals surface area contributed by atoms with Crippen molar-refractivity contribution in [3.05, 3.63) is 12.2 Å². The Labute approximate surface area is 130 Å². The van der Waals surface area contributed by atoms with Gasteiger partial charge in [0.05, 0.1) is 6.10 Å². The first-order valence-electron chi connectivity index (χ1n) is 9.33. The van der Waals surface area contributed by atoms with Gasteiger partial charge < -0.3 is 5.11 Å². The molecule has 0 heterocycles. The number of aliphatic hydroxyl groups is 1. The molecular formula is C20H32O. The van der Waals surface area contributed by atoms with Crippen molar-refractivity contribution in [2.75, 3.05) is 0 Å². The Morgan fingerprint density at radius 1 is 1.10 bits per heavy atom. The van der Waals surface area contributed by atoms with Gasteiger partial charge in [0.2, 0.25) is 0 Å². The van der Waals surface area contributed by atoms with E-state index in [1.54, 1.807) is 0 Å². The molecule has 0 saturated heterocycles. The van der Waals surface area contributed by atoms with Crippen LogP contribution in [0, 0.1) is 34.5 Å². The molecule has 4 rings (SSSR count). The third kappa shape index (κ3) is 1.79. The maximum atomic E-state index is 11.1. The van der Waals surface area contributed by atoms with Gasteiger partial charge >= 0.3 is 0 Å². The summed E-state index contributed by atoms with van der Waals surface area (Å²) in [6, 6.07) is 0. The molecule has 0 amide bonds. The van der Waals surface area contributed by atoms with Gasteiger partial charge in [-0.1, -0.05) is 38.8 Å². The fourth-order valence-electron chi connectivity index (χ4n) is 7.32. The van der Waals surface area contributed by atoms with Gasteiger partial charge in [0.1, 0.15) is 0 Å². The van der Waals surface area contributed by atoms with Gasteiger partial charge in [-0.15, -0.1) is 0 Å². The maximum absolute atomic E-state index is 11.1. The molecule has 4 aliphatic carbocycles. The summed E-state index contributed by atoms with van der Waals surface area (Å²) < 4.78 is 0. The Balaban J connectivity index is 1.71. The van der Waals surface area contributed by atoms with Gasteiger partial charge in [-0.2, -0.15) is 0 Å². The zero-order valence-electron chi connectivity index (χ0n) is 13.9. The van der Waals surface area contributed by atoms with Gasteiger partial charge in [-0.25, -0.2) is 0 Å². The SMILES string of the molecule is C=C1CC[C@H]2[C@@H]3CC[C@H]4CCCC[C@]4(C)[C@H]3[C@@H](O)C[C@]12C. The van der Waals surface area contributed by atoms with E-state index in [1.165, 1.54) is 56.9 Å². The van der Waals surface area contributed by atoms with Crippen LogP contribution in [-0.4, -0.2) is 11.2 Å². The molecule has 1 nitrogen and oxygen atoms in total. The van der Waals surface area contributed by atoms with E-state index in [0.717, 1.165) is 24.2 Å². The van der Waals surface area contributed by atoms with Crippen molar-refractivity contribution in [1.82, 2.24) is 0 Å². The van der Waals surface area contributed by atoms with Crippen LogP contribution in [0.2, 0.25) is 0 Å². The lowest BCUT2D eigenvalue weighted by molar-refractivity contribution is -0.156. The van der Waals surface area contributed by atoms with E-state index in [9.17, 15) is 5.11 Å². The molecule has 4 fully saturated rings. The quantitative estimate of drug-likeness (QED) is 0.626. The Morgan fingerprint density at radius 2 is 1.90 bits per heavy atom. The molecule has 0 aromatic heterocycles. The predicted molar refractivity (Wildman–Crippen MR) is 86.9 cm³/mol. The average Bonchev–Trinajstić information content (AvgIpc) is 2.73. The highest BCUT2D eigenvalue weighted by Crippen LogP contribution is 2.67. The molecular weight excluding hydrogens is 256 g/mol. The largest absolute Gasteiger partial charge is 0.393 e. The molecule has 7 atom stereocenters. The number of hydrogen-bond donors (Lipinski definition) is 1. The van der Waals surface area contributed by atoms with E-state index in [0.29, 0.717) is 11.3 Å². The molecule has 0 aliphatic heterocycles. The van der Waals surface area contributed by atoms with Crippen molar-refractivity contribution in [3.63, 3.8) is 0 Å². The summed E-state index contributed by atoms with van der Waals surface area (Å²) in [7, 11) is 0. The van der Waals surface area contributed by atoms with E-state index >= 15 is 0 Å². The van der Waals surface area contributed by atoms with E-state index in [4.69, 9.17) is 0 Å². The lowest BCUT2D eigenvalue weighted by Gasteiger charge is -2.61. The summed E-state index contributed by atoms with van der Waals surface area (Å²) in [5.41, 5.74) is 2.09. The van der Waals surface area contributed by atoms with Crippen molar-refractivity contribution < 1.29 is 5.11 Å². The molecule has 0 aromatic carbocycles. The first-order chi connectivity index (χ1) is 9.97. The van der Waals surface area contributed by atoms with Crippen LogP contribution in [-0.2, 0) is 0 Å². The second kappa shape index (κ2) is 4.60. The monoisotopic (exact) mass is 288 g/mol. The Morgan fingerprint density at radius 3 is 2.71 bits per heavy atom. The Kier molecular flexibility index (Phi) is 3.13. The van der Waals surface area contributed by atoms with Crippen LogP contribution in [0.4, 0.5) is 0 Å². The second-order valence-corrected chi connectivity index (χ2v) is 9.15. The van der Waals surface area contributed by atoms with Crippen molar-refractivity contribution in [1.29, 1.82) is 0 Å². The molecule has 0 radical (unpaired) electrons. The molecule has 1 N–H and O–H groups in total. The predicted octanol–water partition coefficient (Wildman–Crippen LogP) is 4.95. The number of aliphatic hydroxyl groups excluding tert-OH is 1. The Hall–Kier alpha value is -0.300. The third-order valence-electron chi connectivity index (χ3n) is 8.47. The molecule has 0 unspecified atom stereocenters. The van der Waals surface area contributed by atoms with Gasteiger partial charge in [-0.3, -0.25) is 0 Å². The van der Waals surface area contributed by atoms with Crippen molar-refractivity contribution >= 4 is 0 Å². The maximum Gasteiger partial charge on any atom is 0.0584 e. The standard InChI is InChI=1S/C20H32O/c1-13-7-10-16-15-9-8-14-6-4-5-11-19(14,2)18(15)17(21)12-20(13,16)3/h14-18,21H,1,4-12H2,2-3H3/t14-,15+,16+,17+,18-,19+,20-/m1/s1. The molecule has 0 aromatic rings. The van der Waals surface area contributed by atoms with E-state index in [-0.39, 0.29) is 11.5 Å². The van der Waals surface area contributed by atoms with Crippen molar-refractivity contribution in [3.8, 4) is 0 Å². The van der Waals surface area contributed by atoms with Gasteiger partial charge in [-0.05, 0) is 79.4 Å². The first-order valence-corrected chi connectivity index (χ1v) is 9.33. The fraction of sp³-hybridized carbons (Fsp3) is 0.900.